The molecule has 0 saturated carbocycles. The van der Waals surface area contributed by atoms with Gasteiger partial charge in [0.1, 0.15) is 0 Å². The molecule has 16 heavy (non-hydrogen) atoms. The zero-order valence-corrected chi connectivity index (χ0v) is 9.39. The number of pyridine rings is 1. The van der Waals surface area contributed by atoms with Gasteiger partial charge in [-0.05, 0) is 12.5 Å². The number of ether oxygens (including phenoxy) is 2. The number of nitrogens with zero attached hydrogens (tertiary/aromatic N) is 1. The van der Waals surface area contributed by atoms with Gasteiger partial charge in [-0.2, -0.15) is 0 Å². The van der Waals surface area contributed by atoms with Crippen LogP contribution in [0.15, 0.2) is 18.3 Å². The van der Waals surface area contributed by atoms with Gasteiger partial charge in [0.05, 0.1) is 25.5 Å². The fourth-order valence-corrected chi connectivity index (χ4v) is 1.84. The van der Waals surface area contributed by atoms with Gasteiger partial charge in [0.25, 0.3) is 0 Å². The molecular weight excluding hydrogens is 204 g/mol. The van der Waals surface area contributed by atoms with E-state index in [0.717, 1.165) is 37.5 Å². The molecule has 1 atom stereocenters. The van der Waals surface area contributed by atoms with Crippen LogP contribution in [0.5, 0.6) is 0 Å². The predicted octanol–water partition coefficient (Wildman–Crippen LogP) is 1.09. The van der Waals surface area contributed by atoms with Crippen molar-refractivity contribution < 1.29 is 9.47 Å². The molecule has 1 aliphatic rings. The highest BCUT2D eigenvalue weighted by Gasteiger charge is 2.15. The van der Waals surface area contributed by atoms with Crippen molar-refractivity contribution in [2.24, 2.45) is 11.7 Å². The summed E-state index contributed by atoms with van der Waals surface area (Å²) in [6, 6.07) is 3.93. The second-order valence-corrected chi connectivity index (χ2v) is 4.06. The Labute approximate surface area is 95.8 Å². The van der Waals surface area contributed by atoms with Crippen LogP contribution in [0.1, 0.15) is 17.7 Å². The van der Waals surface area contributed by atoms with Crippen molar-refractivity contribution in [2.45, 2.75) is 19.6 Å². The van der Waals surface area contributed by atoms with Gasteiger partial charge in [0.15, 0.2) is 0 Å². The van der Waals surface area contributed by atoms with E-state index in [9.17, 15) is 0 Å². The highest BCUT2D eigenvalue weighted by Crippen LogP contribution is 2.14. The normalized spacial score (nSPS) is 20.2. The Morgan fingerprint density at radius 3 is 3.25 bits per heavy atom. The smallest absolute Gasteiger partial charge is 0.0735 e. The summed E-state index contributed by atoms with van der Waals surface area (Å²) in [5, 5.41) is 0. The third kappa shape index (κ3) is 3.01. The monoisotopic (exact) mass is 222 g/mol. The van der Waals surface area contributed by atoms with Gasteiger partial charge in [-0.25, -0.2) is 0 Å². The van der Waals surface area contributed by atoms with Crippen LogP contribution in [0.25, 0.3) is 0 Å². The van der Waals surface area contributed by atoms with E-state index in [1.165, 1.54) is 0 Å². The maximum Gasteiger partial charge on any atom is 0.0735 e. The van der Waals surface area contributed by atoms with Crippen molar-refractivity contribution in [1.82, 2.24) is 4.98 Å². The van der Waals surface area contributed by atoms with E-state index in [-0.39, 0.29) is 0 Å². The number of nitrogens with two attached hydrogens (primary N) is 1. The molecule has 0 spiro atoms. The summed E-state index contributed by atoms with van der Waals surface area (Å²) in [5.41, 5.74) is 7.61. The summed E-state index contributed by atoms with van der Waals surface area (Å²) in [6.07, 6.45) is 2.87. The number of rotatable bonds is 5. The van der Waals surface area contributed by atoms with E-state index in [1.807, 2.05) is 12.1 Å². The third-order valence-electron chi connectivity index (χ3n) is 2.81. The molecule has 1 fully saturated rings. The van der Waals surface area contributed by atoms with Gasteiger partial charge < -0.3 is 15.2 Å². The first kappa shape index (κ1) is 11.5. The molecule has 1 aromatic rings. The van der Waals surface area contributed by atoms with Crippen LogP contribution in [-0.4, -0.2) is 24.8 Å². The molecule has 0 aliphatic carbocycles. The summed E-state index contributed by atoms with van der Waals surface area (Å²) in [7, 11) is 0. The molecule has 0 amide bonds. The molecule has 1 unspecified atom stereocenters. The summed E-state index contributed by atoms with van der Waals surface area (Å²) in [4.78, 5) is 4.22. The molecule has 0 bridgehead atoms. The maximum atomic E-state index is 5.67. The van der Waals surface area contributed by atoms with Crippen LogP contribution in [0.2, 0.25) is 0 Å². The third-order valence-corrected chi connectivity index (χ3v) is 2.81. The van der Waals surface area contributed by atoms with E-state index < -0.39 is 0 Å². The first-order chi connectivity index (χ1) is 7.90. The van der Waals surface area contributed by atoms with Gasteiger partial charge in [0.2, 0.25) is 0 Å². The predicted molar refractivity (Wildman–Crippen MR) is 60.7 cm³/mol. The summed E-state index contributed by atoms with van der Waals surface area (Å²) >= 11 is 0. The van der Waals surface area contributed by atoms with Gasteiger partial charge in [-0.15, -0.1) is 0 Å². The number of hydrogen-bond acceptors (Lipinski definition) is 4. The minimum absolute atomic E-state index is 0.464. The van der Waals surface area contributed by atoms with Crippen molar-refractivity contribution in [1.29, 1.82) is 0 Å². The van der Waals surface area contributed by atoms with Crippen molar-refractivity contribution in [3.63, 3.8) is 0 Å². The fraction of sp³-hybridized carbons (Fsp3) is 0.583. The first-order valence-electron chi connectivity index (χ1n) is 5.68. The Morgan fingerprint density at radius 1 is 1.56 bits per heavy atom. The summed E-state index contributed by atoms with van der Waals surface area (Å²) in [6.45, 7) is 3.52. The lowest BCUT2D eigenvalue weighted by molar-refractivity contribution is 0.0786. The van der Waals surface area contributed by atoms with E-state index in [0.29, 0.717) is 19.1 Å². The summed E-state index contributed by atoms with van der Waals surface area (Å²) < 4.78 is 11.0. The fourth-order valence-electron chi connectivity index (χ4n) is 1.84. The van der Waals surface area contributed by atoms with Crippen LogP contribution < -0.4 is 5.73 Å². The first-order valence-corrected chi connectivity index (χ1v) is 5.68. The molecule has 2 heterocycles. The zero-order valence-electron chi connectivity index (χ0n) is 9.39. The highest BCUT2D eigenvalue weighted by atomic mass is 16.5. The minimum atomic E-state index is 0.464. The number of aromatic nitrogens is 1. The van der Waals surface area contributed by atoms with Crippen LogP contribution in [0.3, 0.4) is 0 Å². The zero-order chi connectivity index (χ0) is 11.2. The van der Waals surface area contributed by atoms with Crippen molar-refractivity contribution in [2.75, 3.05) is 19.8 Å². The average Bonchev–Trinajstić information content (AvgIpc) is 2.83. The maximum absolute atomic E-state index is 5.67. The van der Waals surface area contributed by atoms with E-state index >= 15 is 0 Å². The number of hydrogen-bond donors (Lipinski definition) is 1. The Morgan fingerprint density at radius 2 is 2.50 bits per heavy atom. The van der Waals surface area contributed by atoms with Crippen LogP contribution >= 0.6 is 0 Å². The minimum Gasteiger partial charge on any atom is -0.381 e. The average molecular weight is 222 g/mol. The lowest BCUT2D eigenvalue weighted by Crippen LogP contribution is -2.11. The van der Waals surface area contributed by atoms with Crippen LogP contribution in [0.4, 0.5) is 0 Å². The van der Waals surface area contributed by atoms with E-state index in [1.54, 1.807) is 6.20 Å². The van der Waals surface area contributed by atoms with Gasteiger partial charge in [-0.3, -0.25) is 4.98 Å². The summed E-state index contributed by atoms with van der Waals surface area (Å²) in [5.74, 6) is 0.554. The van der Waals surface area contributed by atoms with Crippen LogP contribution in [0, 0.1) is 5.92 Å². The van der Waals surface area contributed by atoms with Gasteiger partial charge in [-0.1, -0.05) is 6.07 Å². The molecule has 0 aromatic carbocycles. The molecule has 88 valence electrons. The Balaban J connectivity index is 1.79. The molecule has 2 rings (SSSR count). The molecule has 1 aromatic heterocycles. The lowest BCUT2D eigenvalue weighted by atomic mass is 10.1. The second kappa shape index (κ2) is 5.94. The SMILES string of the molecule is NCc1ncccc1COCC1CCOC1. The van der Waals surface area contributed by atoms with Gasteiger partial charge in [0, 0.05) is 30.8 Å². The van der Waals surface area contributed by atoms with Gasteiger partial charge >= 0.3 is 0 Å². The second-order valence-electron chi connectivity index (χ2n) is 4.06. The van der Waals surface area contributed by atoms with Crippen molar-refractivity contribution >= 4 is 0 Å². The Kier molecular flexibility index (Phi) is 4.27. The van der Waals surface area contributed by atoms with Crippen molar-refractivity contribution in [3.8, 4) is 0 Å². The Bertz CT molecular complexity index is 325. The molecule has 4 nitrogen and oxygen atoms in total. The lowest BCUT2D eigenvalue weighted by Gasteiger charge is -2.10. The van der Waals surface area contributed by atoms with Crippen LogP contribution in [-0.2, 0) is 22.6 Å². The highest BCUT2D eigenvalue weighted by molar-refractivity contribution is 5.18. The quantitative estimate of drug-likeness (QED) is 0.810. The molecule has 2 N–H and O–H groups in total. The van der Waals surface area contributed by atoms with E-state index in [2.05, 4.69) is 4.98 Å². The van der Waals surface area contributed by atoms with E-state index in [4.69, 9.17) is 15.2 Å². The van der Waals surface area contributed by atoms with Crippen molar-refractivity contribution in [3.05, 3.63) is 29.6 Å². The molecule has 1 saturated heterocycles. The Hall–Kier alpha value is -0.970. The molecule has 4 heteroatoms. The topological polar surface area (TPSA) is 57.4 Å². The largest absolute Gasteiger partial charge is 0.381 e. The molecular formula is C12H18N2O2. The molecule has 0 radical (unpaired) electrons. The standard InChI is InChI=1S/C12H18N2O2/c13-6-12-11(2-1-4-14-12)9-16-8-10-3-5-15-7-10/h1-2,4,10H,3,5-9,13H2. The molecule has 1 aliphatic heterocycles.